The van der Waals surface area contributed by atoms with Crippen molar-refractivity contribution < 1.29 is 0 Å². The lowest BCUT2D eigenvalue weighted by Gasteiger charge is -2.38. The van der Waals surface area contributed by atoms with Crippen LogP contribution in [-0.2, 0) is 5.54 Å². The average Bonchev–Trinajstić information content (AvgIpc) is 2.02. The van der Waals surface area contributed by atoms with E-state index in [0.29, 0.717) is 0 Å². The summed E-state index contributed by atoms with van der Waals surface area (Å²) in [6.07, 6.45) is 7.13. The summed E-state index contributed by atoms with van der Waals surface area (Å²) >= 11 is 0. The van der Waals surface area contributed by atoms with E-state index in [0.717, 1.165) is 12.8 Å². The highest BCUT2D eigenvalue weighted by molar-refractivity contribution is 5.85. The molecule has 1 heterocycles. The van der Waals surface area contributed by atoms with E-state index in [4.69, 9.17) is 5.73 Å². The number of nitrogens with zero attached hydrogens (tertiary/aromatic N) is 1. The summed E-state index contributed by atoms with van der Waals surface area (Å²) in [7, 11) is 0. The molecule has 0 bridgehead atoms. The van der Waals surface area contributed by atoms with Gasteiger partial charge in [0.05, 0.1) is 0 Å². The van der Waals surface area contributed by atoms with E-state index in [9.17, 15) is 0 Å². The molecular formula is C9H14Cl2N2. The SMILES string of the molecule is Cl.Cl.NC1(c2cccnc2)CCC1. The largest absolute Gasteiger partial charge is 0.321 e. The second-order valence-electron chi connectivity index (χ2n) is 3.25. The first-order valence-electron chi connectivity index (χ1n) is 4.01. The molecule has 13 heavy (non-hydrogen) atoms. The Kier molecular flexibility index (Phi) is 4.68. The van der Waals surface area contributed by atoms with E-state index < -0.39 is 0 Å². The highest BCUT2D eigenvalue weighted by atomic mass is 35.5. The predicted octanol–water partition coefficient (Wildman–Crippen LogP) is 2.26. The van der Waals surface area contributed by atoms with E-state index in [2.05, 4.69) is 11.1 Å². The van der Waals surface area contributed by atoms with Crippen LogP contribution >= 0.6 is 24.8 Å². The standard InChI is InChI=1S/C9H12N2.2ClH/c10-9(4-2-5-9)8-3-1-6-11-7-8;;/h1,3,6-7H,2,4-5,10H2;2*1H. The molecule has 0 atom stereocenters. The molecule has 0 amide bonds. The highest BCUT2D eigenvalue weighted by Crippen LogP contribution is 2.37. The maximum absolute atomic E-state index is 6.08. The molecule has 1 aliphatic carbocycles. The third-order valence-electron chi connectivity index (χ3n) is 2.48. The van der Waals surface area contributed by atoms with Crippen LogP contribution in [0.25, 0.3) is 0 Å². The van der Waals surface area contributed by atoms with E-state index in [1.54, 1.807) is 6.20 Å². The summed E-state index contributed by atoms with van der Waals surface area (Å²) in [6, 6.07) is 4.01. The predicted molar refractivity (Wildman–Crippen MR) is 58.4 cm³/mol. The van der Waals surface area contributed by atoms with E-state index in [-0.39, 0.29) is 30.4 Å². The van der Waals surface area contributed by atoms with Crippen LogP contribution in [0.5, 0.6) is 0 Å². The van der Waals surface area contributed by atoms with Gasteiger partial charge >= 0.3 is 0 Å². The van der Waals surface area contributed by atoms with E-state index in [1.165, 1.54) is 12.0 Å². The zero-order chi connectivity index (χ0) is 7.73. The fourth-order valence-electron chi connectivity index (χ4n) is 1.50. The van der Waals surface area contributed by atoms with Crippen molar-refractivity contribution in [1.29, 1.82) is 0 Å². The monoisotopic (exact) mass is 220 g/mol. The molecule has 74 valence electrons. The van der Waals surface area contributed by atoms with Crippen molar-refractivity contribution in [3.8, 4) is 0 Å². The highest BCUT2D eigenvalue weighted by Gasteiger charge is 2.34. The van der Waals surface area contributed by atoms with Crippen LogP contribution in [-0.4, -0.2) is 4.98 Å². The fourth-order valence-corrected chi connectivity index (χ4v) is 1.50. The third kappa shape index (κ3) is 2.33. The maximum atomic E-state index is 6.08. The van der Waals surface area contributed by atoms with Crippen molar-refractivity contribution in [1.82, 2.24) is 4.98 Å². The quantitative estimate of drug-likeness (QED) is 0.789. The molecule has 0 unspecified atom stereocenters. The van der Waals surface area contributed by atoms with Gasteiger partial charge in [-0.3, -0.25) is 4.98 Å². The number of pyridine rings is 1. The summed E-state index contributed by atoms with van der Waals surface area (Å²) in [4.78, 5) is 4.05. The third-order valence-corrected chi connectivity index (χ3v) is 2.48. The Balaban J connectivity index is 0.000000720. The van der Waals surface area contributed by atoms with Crippen molar-refractivity contribution in [2.75, 3.05) is 0 Å². The van der Waals surface area contributed by atoms with Crippen molar-refractivity contribution in [2.24, 2.45) is 5.73 Å². The van der Waals surface area contributed by atoms with Gasteiger partial charge in [0.1, 0.15) is 0 Å². The Labute approximate surface area is 90.8 Å². The first kappa shape index (κ1) is 12.7. The van der Waals surface area contributed by atoms with Gasteiger partial charge in [0, 0.05) is 17.9 Å². The molecule has 0 saturated heterocycles. The second-order valence-corrected chi connectivity index (χ2v) is 3.25. The zero-order valence-electron chi connectivity index (χ0n) is 7.27. The molecule has 0 aliphatic heterocycles. The van der Waals surface area contributed by atoms with Crippen LogP contribution in [0.2, 0.25) is 0 Å². The molecular weight excluding hydrogens is 207 g/mol. The molecule has 1 saturated carbocycles. The Hall–Kier alpha value is -0.310. The number of halogens is 2. The lowest BCUT2D eigenvalue weighted by Crippen LogP contribution is -2.43. The molecule has 1 aromatic rings. The first-order chi connectivity index (χ1) is 5.31. The lowest BCUT2D eigenvalue weighted by molar-refractivity contribution is 0.253. The van der Waals surface area contributed by atoms with Gasteiger partial charge < -0.3 is 5.73 Å². The molecule has 0 aromatic carbocycles. The number of hydrogen-bond acceptors (Lipinski definition) is 2. The molecule has 2 nitrogen and oxygen atoms in total. The van der Waals surface area contributed by atoms with Gasteiger partial charge in [-0.1, -0.05) is 6.07 Å². The van der Waals surface area contributed by atoms with Gasteiger partial charge in [-0.2, -0.15) is 0 Å². The van der Waals surface area contributed by atoms with Gasteiger partial charge in [0.25, 0.3) is 0 Å². The van der Waals surface area contributed by atoms with E-state index >= 15 is 0 Å². The van der Waals surface area contributed by atoms with Crippen molar-refractivity contribution >= 4 is 24.8 Å². The molecule has 1 aliphatic rings. The minimum Gasteiger partial charge on any atom is -0.321 e. The minimum absolute atomic E-state index is 0. The first-order valence-corrected chi connectivity index (χ1v) is 4.01. The summed E-state index contributed by atoms with van der Waals surface area (Å²) in [5.41, 5.74) is 7.22. The van der Waals surface area contributed by atoms with Gasteiger partial charge in [-0.05, 0) is 30.9 Å². The van der Waals surface area contributed by atoms with Gasteiger partial charge in [0.2, 0.25) is 0 Å². The molecule has 1 aromatic heterocycles. The molecule has 0 spiro atoms. The Morgan fingerprint density at radius 2 is 2.00 bits per heavy atom. The van der Waals surface area contributed by atoms with Crippen molar-refractivity contribution in [3.05, 3.63) is 30.1 Å². The number of aromatic nitrogens is 1. The summed E-state index contributed by atoms with van der Waals surface area (Å²) in [6.45, 7) is 0. The van der Waals surface area contributed by atoms with Crippen LogP contribution in [0.15, 0.2) is 24.5 Å². The Bertz CT molecular complexity index is 247. The number of rotatable bonds is 1. The summed E-state index contributed by atoms with van der Waals surface area (Å²) in [5.74, 6) is 0. The van der Waals surface area contributed by atoms with Gasteiger partial charge in [-0.25, -0.2) is 0 Å². The normalized spacial score (nSPS) is 17.6. The summed E-state index contributed by atoms with van der Waals surface area (Å²) in [5, 5.41) is 0. The molecule has 2 N–H and O–H groups in total. The van der Waals surface area contributed by atoms with E-state index in [1.807, 2.05) is 12.3 Å². The molecule has 2 rings (SSSR count). The molecule has 1 fully saturated rings. The van der Waals surface area contributed by atoms with Crippen molar-refractivity contribution in [3.63, 3.8) is 0 Å². The van der Waals surface area contributed by atoms with Crippen LogP contribution in [0.1, 0.15) is 24.8 Å². The van der Waals surface area contributed by atoms with Gasteiger partial charge in [-0.15, -0.1) is 24.8 Å². The Morgan fingerprint density at radius 1 is 1.31 bits per heavy atom. The topological polar surface area (TPSA) is 38.9 Å². The fraction of sp³-hybridized carbons (Fsp3) is 0.444. The minimum atomic E-state index is -0.0474. The smallest absolute Gasteiger partial charge is 0.0425 e. The van der Waals surface area contributed by atoms with Gasteiger partial charge in [0.15, 0.2) is 0 Å². The zero-order valence-corrected chi connectivity index (χ0v) is 8.90. The average molecular weight is 221 g/mol. The Morgan fingerprint density at radius 3 is 2.38 bits per heavy atom. The molecule has 0 radical (unpaired) electrons. The lowest BCUT2D eigenvalue weighted by atomic mass is 9.73. The van der Waals surface area contributed by atoms with Crippen molar-refractivity contribution in [2.45, 2.75) is 24.8 Å². The van der Waals surface area contributed by atoms with Crippen LogP contribution in [0, 0.1) is 0 Å². The second kappa shape index (κ2) is 4.80. The number of hydrogen-bond donors (Lipinski definition) is 1. The summed E-state index contributed by atoms with van der Waals surface area (Å²) < 4.78 is 0. The maximum Gasteiger partial charge on any atom is 0.0425 e. The number of nitrogens with two attached hydrogens (primary N) is 1. The molecule has 4 heteroatoms. The van der Waals surface area contributed by atoms with Crippen LogP contribution < -0.4 is 5.73 Å². The van der Waals surface area contributed by atoms with Crippen LogP contribution in [0.3, 0.4) is 0 Å². The van der Waals surface area contributed by atoms with Crippen LogP contribution in [0.4, 0.5) is 0 Å².